The highest BCUT2D eigenvalue weighted by Crippen LogP contribution is 2.34. The smallest absolute Gasteiger partial charge is 0.379 e. The van der Waals surface area contributed by atoms with Crippen LogP contribution in [0.4, 0.5) is 13.2 Å². The highest BCUT2D eigenvalue weighted by molar-refractivity contribution is 5.81. The number of ether oxygens (including phenoxy) is 1. The first-order valence-corrected chi connectivity index (χ1v) is 5.80. The molecule has 1 fully saturated rings. The maximum Gasteiger partial charge on any atom is 0.417 e. The molecule has 2 aliphatic rings. The van der Waals surface area contributed by atoms with Crippen molar-refractivity contribution >= 4 is 5.96 Å². The summed E-state index contributed by atoms with van der Waals surface area (Å²) in [5.41, 5.74) is 8.44. The molecule has 0 bridgehead atoms. The van der Waals surface area contributed by atoms with Crippen LogP contribution in [0.1, 0.15) is 0 Å². The molecule has 0 radical (unpaired) electrons. The fraction of sp³-hybridized carbons (Fsp3) is 0.700. The van der Waals surface area contributed by atoms with Gasteiger partial charge in [-0.2, -0.15) is 13.2 Å². The van der Waals surface area contributed by atoms with Crippen LogP contribution < -0.4 is 16.8 Å². The summed E-state index contributed by atoms with van der Waals surface area (Å²) in [6, 6.07) is 0. The zero-order valence-corrected chi connectivity index (χ0v) is 10.2. The van der Waals surface area contributed by atoms with Crippen LogP contribution in [-0.4, -0.2) is 55.5 Å². The van der Waals surface area contributed by atoms with E-state index in [1.54, 1.807) is 4.90 Å². The second-order valence-electron chi connectivity index (χ2n) is 4.51. The molecule has 1 unspecified atom stereocenters. The standard InChI is InChI=1S/C10H16F3N5O/c11-10(12,13)7-5-16-8(14)17-9(7,15)6-18-1-3-19-4-2-18/h5H,1-4,6,15H2,(H3,14,16,17). The molecule has 5 N–H and O–H groups in total. The Hall–Kier alpha value is -1.32. The van der Waals surface area contributed by atoms with Crippen LogP contribution in [0.2, 0.25) is 0 Å². The van der Waals surface area contributed by atoms with Crippen LogP contribution in [-0.2, 0) is 4.74 Å². The van der Waals surface area contributed by atoms with Gasteiger partial charge in [0.1, 0.15) is 0 Å². The first-order chi connectivity index (χ1) is 8.81. The molecule has 2 heterocycles. The van der Waals surface area contributed by atoms with E-state index < -0.39 is 17.4 Å². The van der Waals surface area contributed by atoms with Gasteiger partial charge in [0.05, 0.1) is 18.8 Å². The van der Waals surface area contributed by atoms with E-state index in [2.05, 4.69) is 10.3 Å². The van der Waals surface area contributed by atoms with Gasteiger partial charge >= 0.3 is 6.18 Å². The van der Waals surface area contributed by atoms with Crippen molar-refractivity contribution in [3.05, 3.63) is 11.8 Å². The second-order valence-corrected chi connectivity index (χ2v) is 4.51. The number of nitrogens with two attached hydrogens (primary N) is 2. The lowest BCUT2D eigenvalue weighted by Gasteiger charge is -2.38. The Kier molecular flexibility index (Phi) is 3.70. The van der Waals surface area contributed by atoms with E-state index in [0.29, 0.717) is 26.3 Å². The van der Waals surface area contributed by atoms with Crippen LogP contribution in [0.25, 0.3) is 0 Å². The first-order valence-electron chi connectivity index (χ1n) is 5.80. The summed E-state index contributed by atoms with van der Waals surface area (Å²) in [5, 5.41) is 2.25. The van der Waals surface area contributed by atoms with E-state index in [9.17, 15) is 13.2 Å². The van der Waals surface area contributed by atoms with Crippen molar-refractivity contribution in [2.45, 2.75) is 11.8 Å². The summed E-state index contributed by atoms with van der Waals surface area (Å²) in [7, 11) is 0. The molecule has 6 nitrogen and oxygen atoms in total. The summed E-state index contributed by atoms with van der Waals surface area (Å²) in [4.78, 5) is 5.53. The summed E-state index contributed by atoms with van der Waals surface area (Å²) in [5.74, 6) is -0.122. The summed E-state index contributed by atoms with van der Waals surface area (Å²) >= 11 is 0. The van der Waals surface area contributed by atoms with E-state index >= 15 is 0 Å². The zero-order chi connectivity index (χ0) is 14.1. The monoisotopic (exact) mass is 279 g/mol. The fourth-order valence-corrected chi connectivity index (χ4v) is 2.13. The van der Waals surface area contributed by atoms with Crippen molar-refractivity contribution < 1.29 is 17.9 Å². The van der Waals surface area contributed by atoms with Crippen LogP contribution in [0.15, 0.2) is 16.8 Å². The molecule has 1 atom stereocenters. The van der Waals surface area contributed by atoms with Gasteiger partial charge in [-0.1, -0.05) is 0 Å². The molecule has 0 aliphatic carbocycles. The molecule has 2 rings (SSSR count). The Balaban J connectivity index is 2.20. The number of morpholine rings is 1. The van der Waals surface area contributed by atoms with Crippen molar-refractivity contribution in [2.24, 2.45) is 16.5 Å². The number of nitrogens with zero attached hydrogens (tertiary/aromatic N) is 2. The molecule has 2 aliphatic heterocycles. The highest BCUT2D eigenvalue weighted by atomic mass is 19.4. The number of alkyl halides is 3. The van der Waals surface area contributed by atoms with Crippen molar-refractivity contribution in [3.8, 4) is 0 Å². The number of nitrogens with one attached hydrogen (secondary N) is 1. The van der Waals surface area contributed by atoms with E-state index in [1.165, 1.54) is 0 Å². The van der Waals surface area contributed by atoms with Crippen LogP contribution in [0.5, 0.6) is 0 Å². The first kappa shape index (κ1) is 14.1. The van der Waals surface area contributed by atoms with E-state index in [0.717, 1.165) is 6.20 Å². The maximum absolute atomic E-state index is 13.0. The third kappa shape index (κ3) is 3.17. The predicted molar refractivity (Wildman–Crippen MR) is 63.1 cm³/mol. The third-order valence-corrected chi connectivity index (χ3v) is 3.02. The topological polar surface area (TPSA) is 88.9 Å². The Labute approximate surface area is 108 Å². The van der Waals surface area contributed by atoms with Crippen LogP contribution >= 0.6 is 0 Å². The molecule has 1 saturated heterocycles. The molecule has 0 aromatic carbocycles. The highest BCUT2D eigenvalue weighted by Gasteiger charge is 2.48. The molecule has 108 valence electrons. The molecule has 9 heteroatoms. The molecule has 0 aromatic rings. The molecular formula is C10H16F3N5O. The molecule has 0 spiro atoms. The SMILES string of the molecule is NC1=NC(N)(CN2CCOCC2)C(C(F)(F)F)=CN1. The molecule has 0 aromatic heterocycles. The van der Waals surface area contributed by atoms with Gasteiger partial charge in [-0.05, 0) is 0 Å². The number of aliphatic imine (C=N–C) groups is 1. The summed E-state index contributed by atoms with van der Waals surface area (Å²) < 4.78 is 44.1. The quantitative estimate of drug-likeness (QED) is 0.624. The van der Waals surface area contributed by atoms with Gasteiger partial charge in [-0.15, -0.1) is 0 Å². The zero-order valence-electron chi connectivity index (χ0n) is 10.2. The van der Waals surface area contributed by atoms with Crippen molar-refractivity contribution in [3.63, 3.8) is 0 Å². The number of halogens is 3. The van der Waals surface area contributed by atoms with Crippen molar-refractivity contribution in [1.82, 2.24) is 10.2 Å². The van der Waals surface area contributed by atoms with Crippen LogP contribution in [0, 0.1) is 0 Å². The van der Waals surface area contributed by atoms with Crippen molar-refractivity contribution in [1.29, 1.82) is 0 Å². The number of guanidine groups is 1. The van der Waals surface area contributed by atoms with Gasteiger partial charge in [-0.3, -0.25) is 4.90 Å². The summed E-state index contributed by atoms with van der Waals surface area (Å²) in [6.07, 6.45) is -3.78. The van der Waals surface area contributed by atoms with Gasteiger partial charge in [0.15, 0.2) is 11.6 Å². The minimum Gasteiger partial charge on any atom is -0.379 e. The normalized spacial score (nSPS) is 29.5. The van der Waals surface area contributed by atoms with Gasteiger partial charge in [-0.25, -0.2) is 4.99 Å². The van der Waals surface area contributed by atoms with Gasteiger partial charge in [0.25, 0.3) is 0 Å². The van der Waals surface area contributed by atoms with Gasteiger partial charge in [0, 0.05) is 25.8 Å². The number of hydrogen-bond donors (Lipinski definition) is 3. The second kappa shape index (κ2) is 4.99. The molecule has 0 amide bonds. The predicted octanol–water partition coefficient (Wildman–Crippen LogP) is -0.662. The Morgan fingerprint density at radius 1 is 1.42 bits per heavy atom. The largest absolute Gasteiger partial charge is 0.417 e. The average molecular weight is 279 g/mol. The Morgan fingerprint density at radius 2 is 2.05 bits per heavy atom. The number of hydrogen-bond acceptors (Lipinski definition) is 6. The van der Waals surface area contributed by atoms with Crippen molar-refractivity contribution in [2.75, 3.05) is 32.8 Å². The van der Waals surface area contributed by atoms with Crippen LogP contribution in [0.3, 0.4) is 0 Å². The third-order valence-electron chi connectivity index (χ3n) is 3.02. The minimum absolute atomic E-state index is 0.0515. The number of rotatable bonds is 2. The van der Waals surface area contributed by atoms with Gasteiger partial charge in [0.2, 0.25) is 0 Å². The lowest BCUT2D eigenvalue weighted by molar-refractivity contribution is -0.103. The Bertz CT molecular complexity index is 402. The van der Waals surface area contributed by atoms with E-state index in [1.807, 2.05) is 0 Å². The summed E-state index contributed by atoms with van der Waals surface area (Å²) in [6.45, 7) is 1.93. The molecule has 0 saturated carbocycles. The fourth-order valence-electron chi connectivity index (χ4n) is 2.13. The molecular weight excluding hydrogens is 263 g/mol. The lowest BCUT2D eigenvalue weighted by Crippen LogP contribution is -2.58. The Morgan fingerprint density at radius 3 is 2.63 bits per heavy atom. The van der Waals surface area contributed by atoms with Gasteiger partial charge < -0.3 is 21.5 Å². The maximum atomic E-state index is 13.0. The average Bonchev–Trinajstić information content (AvgIpc) is 2.27. The van der Waals surface area contributed by atoms with E-state index in [-0.39, 0.29) is 12.5 Å². The lowest BCUT2D eigenvalue weighted by atomic mass is 9.99. The molecule has 19 heavy (non-hydrogen) atoms. The van der Waals surface area contributed by atoms with E-state index in [4.69, 9.17) is 16.2 Å². The minimum atomic E-state index is -4.56.